The number of carbonyl (C=O) groups is 1. The third kappa shape index (κ3) is 2.89. The summed E-state index contributed by atoms with van der Waals surface area (Å²) in [6, 6.07) is 3.61. The molecule has 1 aliphatic heterocycles. The molecule has 1 atom stereocenters. The summed E-state index contributed by atoms with van der Waals surface area (Å²) in [6.07, 6.45) is 6.48. The Bertz CT molecular complexity index is 1000. The molecule has 0 saturated heterocycles. The number of amides is 1. The van der Waals surface area contributed by atoms with Crippen LogP contribution in [0, 0.1) is 5.92 Å². The third-order valence-corrected chi connectivity index (χ3v) is 5.36. The molecule has 3 aromatic heterocycles. The fourth-order valence-electron chi connectivity index (χ4n) is 3.83. The minimum atomic E-state index is -0.0438. The third-order valence-electron chi connectivity index (χ3n) is 5.36. The van der Waals surface area contributed by atoms with Crippen LogP contribution >= 0.6 is 0 Å². The van der Waals surface area contributed by atoms with Gasteiger partial charge in [-0.1, -0.05) is 13.8 Å². The van der Waals surface area contributed by atoms with Crippen LogP contribution in [0.2, 0.25) is 0 Å². The fourth-order valence-corrected chi connectivity index (χ4v) is 3.83. The van der Waals surface area contributed by atoms with E-state index in [1.165, 1.54) is 19.2 Å². The second-order valence-corrected chi connectivity index (χ2v) is 7.95. The molecule has 0 bridgehead atoms. The summed E-state index contributed by atoms with van der Waals surface area (Å²) >= 11 is 0. The molecule has 2 aliphatic rings. The summed E-state index contributed by atoms with van der Waals surface area (Å²) in [4.78, 5) is 24.3. The van der Waals surface area contributed by atoms with Crippen LogP contribution in [0.4, 0.5) is 0 Å². The first-order valence-electron chi connectivity index (χ1n) is 9.65. The molecule has 140 valence electrons. The molecule has 3 aromatic rings. The van der Waals surface area contributed by atoms with Gasteiger partial charge in [0.15, 0.2) is 11.5 Å². The smallest absolute Gasteiger partial charge is 0.256 e. The predicted molar refractivity (Wildman–Crippen MR) is 98.2 cm³/mol. The summed E-state index contributed by atoms with van der Waals surface area (Å²) in [6.45, 7) is 5.70. The van der Waals surface area contributed by atoms with Crippen molar-refractivity contribution in [3.8, 4) is 0 Å². The van der Waals surface area contributed by atoms with Gasteiger partial charge in [-0.2, -0.15) is 10.2 Å². The highest BCUT2D eigenvalue weighted by molar-refractivity contribution is 5.94. The number of carbonyl (C=O) groups excluding carboxylic acids is 1. The molecule has 1 saturated carbocycles. The average Bonchev–Trinajstić information content (AvgIpc) is 3.24. The van der Waals surface area contributed by atoms with Gasteiger partial charge < -0.3 is 4.90 Å². The van der Waals surface area contributed by atoms with E-state index in [1.807, 2.05) is 21.7 Å². The highest BCUT2D eigenvalue weighted by Crippen LogP contribution is 2.40. The Morgan fingerprint density at radius 2 is 2.11 bits per heavy atom. The molecule has 1 aliphatic carbocycles. The lowest BCUT2D eigenvalue weighted by Gasteiger charge is -2.36. The Morgan fingerprint density at radius 1 is 1.26 bits per heavy atom. The molecule has 5 rings (SSSR count). The van der Waals surface area contributed by atoms with Crippen LogP contribution in [0.3, 0.4) is 0 Å². The Labute approximate surface area is 157 Å². The van der Waals surface area contributed by atoms with Crippen LogP contribution in [0.5, 0.6) is 0 Å². The minimum absolute atomic E-state index is 0.0141. The van der Waals surface area contributed by atoms with E-state index in [2.05, 4.69) is 23.9 Å². The van der Waals surface area contributed by atoms with Gasteiger partial charge in [-0.15, -0.1) is 0 Å². The molecule has 0 radical (unpaired) electrons. The summed E-state index contributed by atoms with van der Waals surface area (Å²) in [5, 5.41) is 8.86. The number of fused-ring (bicyclic) bond motifs is 2. The van der Waals surface area contributed by atoms with Crippen molar-refractivity contribution in [2.45, 2.75) is 51.6 Å². The topological polar surface area (TPSA) is 81.2 Å². The molecule has 0 N–H and O–H groups in total. The first-order chi connectivity index (χ1) is 13.1. The van der Waals surface area contributed by atoms with Crippen molar-refractivity contribution in [3.63, 3.8) is 0 Å². The summed E-state index contributed by atoms with van der Waals surface area (Å²) in [5.74, 6) is 2.88. The first-order valence-corrected chi connectivity index (χ1v) is 9.65. The maximum Gasteiger partial charge on any atom is 0.256 e. The van der Waals surface area contributed by atoms with Gasteiger partial charge in [0.05, 0.1) is 18.2 Å². The monoisotopic (exact) mass is 365 g/mol. The van der Waals surface area contributed by atoms with Gasteiger partial charge in [-0.3, -0.25) is 4.79 Å². The van der Waals surface area contributed by atoms with Crippen molar-refractivity contribution in [1.82, 2.24) is 34.3 Å². The maximum absolute atomic E-state index is 13.3. The fraction of sp³-hybridized carbons (Fsp3) is 0.526. The molecule has 8 heteroatoms. The zero-order valence-corrected chi connectivity index (χ0v) is 15.6. The van der Waals surface area contributed by atoms with Crippen molar-refractivity contribution >= 4 is 11.6 Å². The van der Waals surface area contributed by atoms with E-state index in [9.17, 15) is 4.79 Å². The first kappa shape index (κ1) is 16.4. The second kappa shape index (κ2) is 6.14. The van der Waals surface area contributed by atoms with E-state index in [1.54, 1.807) is 10.7 Å². The summed E-state index contributed by atoms with van der Waals surface area (Å²) < 4.78 is 3.66. The van der Waals surface area contributed by atoms with E-state index >= 15 is 0 Å². The van der Waals surface area contributed by atoms with Crippen molar-refractivity contribution in [2.75, 3.05) is 6.54 Å². The highest BCUT2D eigenvalue weighted by atomic mass is 16.2. The van der Waals surface area contributed by atoms with E-state index < -0.39 is 0 Å². The number of rotatable bonds is 4. The van der Waals surface area contributed by atoms with Crippen molar-refractivity contribution in [2.24, 2.45) is 5.92 Å². The lowest BCUT2D eigenvalue weighted by molar-refractivity contribution is 0.0578. The van der Waals surface area contributed by atoms with Gasteiger partial charge in [-0.05, 0) is 37.3 Å². The molecule has 0 unspecified atom stereocenters. The lowest BCUT2D eigenvalue weighted by atomic mass is 9.99. The second-order valence-electron chi connectivity index (χ2n) is 7.95. The van der Waals surface area contributed by atoms with Crippen LogP contribution in [-0.2, 0) is 6.54 Å². The summed E-state index contributed by atoms with van der Waals surface area (Å²) in [5.41, 5.74) is 1.36. The Morgan fingerprint density at radius 3 is 2.89 bits per heavy atom. The van der Waals surface area contributed by atoms with Crippen LogP contribution < -0.4 is 0 Å². The number of hydrogen-bond acceptors (Lipinski definition) is 5. The van der Waals surface area contributed by atoms with Crippen LogP contribution in [0.15, 0.2) is 24.7 Å². The maximum atomic E-state index is 13.3. The van der Waals surface area contributed by atoms with Gasteiger partial charge in [0.2, 0.25) is 0 Å². The molecule has 0 aromatic carbocycles. The van der Waals surface area contributed by atoms with Crippen molar-refractivity contribution < 1.29 is 4.79 Å². The average molecular weight is 365 g/mol. The van der Waals surface area contributed by atoms with E-state index in [-0.39, 0.29) is 11.9 Å². The predicted octanol–water partition coefficient (Wildman–Crippen LogP) is 2.44. The summed E-state index contributed by atoms with van der Waals surface area (Å²) in [7, 11) is 0. The molecule has 1 amide bonds. The van der Waals surface area contributed by atoms with E-state index in [0.29, 0.717) is 30.5 Å². The standard InChI is InChI=1S/C19H23N7O/c1-12(2)9-15-18-22-17(13-3-4-13)23-25(18)8-7-24(15)19(27)14-5-6-16-20-11-21-26(16)10-14/h5-6,10-13,15H,3-4,7-9H2,1-2H3/t15-/m0/s1. The Kier molecular flexibility index (Phi) is 3.73. The van der Waals surface area contributed by atoms with Gasteiger partial charge in [0.1, 0.15) is 12.2 Å². The molecular formula is C19H23N7O. The number of pyridine rings is 1. The zero-order valence-electron chi connectivity index (χ0n) is 15.6. The molecular weight excluding hydrogens is 342 g/mol. The normalized spacial score (nSPS) is 19.7. The SMILES string of the molecule is CC(C)C[C@H]1c2nc(C3CC3)nn2CCN1C(=O)c1ccc2ncnn2c1. The van der Waals surface area contributed by atoms with E-state index in [0.717, 1.165) is 23.7 Å². The highest BCUT2D eigenvalue weighted by Gasteiger charge is 2.37. The quantitative estimate of drug-likeness (QED) is 0.709. The largest absolute Gasteiger partial charge is 0.326 e. The van der Waals surface area contributed by atoms with Crippen LogP contribution in [0.1, 0.15) is 67.1 Å². The Hall–Kier alpha value is -2.77. The van der Waals surface area contributed by atoms with Gasteiger partial charge >= 0.3 is 0 Å². The molecule has 0 spiro atoms. The molecule has 27 heavy (non-hydrogen) atoms. The number of aromatic nitrogens is 6. The number of nitrogens with zero attached hydrogens (tertiary/aromatic N) is 7. The van der Waals surface area contributed by atoms with E-state index in [4.69, 9.17) is 10.1 Å². The van der Waals surface area contributed by atoms with Crippen LogP contribution in [0.25, 0.3) is 5.65 Å². The number of hydrogen-bond donors (Lipinski definition) is 0. The van der Waals surface area contributed by atoms with Crippen molar-refractivity contribution in [3.05, 3.63) is 41.9 Å². The minimum Gasteiger partial charge on any atom is -0.326 e. The van der Waals surface area contributed by atoms with Gasteiger partial charge in [-0.25, -0.2) is 19.2 Å². The molecule has 4 heterocycles. The Balaban J connectivity index is 1.50. The molecule has 1 fully saturated rings. The van der Waals surface area contributed by atoms with Crippen molar-refractivity contribution in [1.29, 1.82) is 0 Å². The zero-order chi connectivity index (χ0) is 18.5. The molecule has 8 nitrogen and oxygen atoms in total. The van der Waals surface area contributed by atoms with Gasteiger partial charge in [0.25, 0.3) is 5.91 Å². The van der Waals surface area contributed by atoms with Crippen LogP contribution in [-0.4, -0.2) is 46.7 Å². The van der Waals surface area contributed by atoms with Gasteiger partial charge in [0, 0.05) is 18.7 Å². The lowest BCUT2D eigenvalue weighted by Crippen LogP contribution is -2.43.